The number of ether oxygens (including phenoxy) is 1. The second kappa shape index (κ2) is 8.49. The highest BCUT2D eigenvalue weighted by Crippen LogP contribution is 2.19. The second-order valence-corrected chi connectivity index (χ2v) is 5.44. The molecular weight excluding hydrogens is 314 g/mol. The number of carbonyl (C=O) groups excluding carboxylic acids is 1. The summed E-state index contributed by atoms with van der Waals surface area (Å²) in [4.78, 5) is 15.8. The number of aromatic nitrogens is 1. The van der Waals surface area contributed by atoms with E-state index in [0.29, 0.717) is 12.3 Å². The SMILES string of the molecule is O=C(COc1ccc(Nc2ccccc2)cc1)NCc1ccncc1. The van der Waals surface area contributed by atoms with Crippen molar-refractivity contribution in [3.63, 3.8) is 0 Å². The number of hydrogen-bond acceptors (Lipinski definition) is 4. The van der Waals surface area contributed by atoms with E-state index in [2.05, 4.69) is 15.6 Å². The Balaban J connectivity index is 1.44. The van der Waals surface area contributed by atoms with E-state index in [4.69, 9.17) is 4.74 Å². The van der Waals surface area contributed by atoms with Crippen molar-refractivity contribution in [1.29, 1.82) is 0 Å². The summed E-state index contributed by atoms with van der Waals surface area (Å²) in [5, 5.41) is 6.10. The molecule has 0 aliphatic carbocycles. The van der Waals surface area contributed by atoms with Crippen molar-refractivity contribution >= 4 is 17.3 Å². The van der Waals surface area contributed by atoms with Crippen LogP contribution >= 0.6 is 0 Å². The average molecular weight is 333 g/mol. The van der Waals surface area contributed by atoms with Crippen molar-refractivity contribution in [2.24, 2.45) is 0 Å². The van der Waals surface area contributed by atoms with E-state index in [-0.39, 0.29) is 12.5 Å². The van der Waals surface area contributed by atoms with Gasteiger partial charge in [-0.2, -0.15) is 0 Å². The molecule has 1 heterocycles. The van der Waals surface area contributed by atoms with Crippen LogP contribution in [0.3, 0.4) is 0 Å². The molecule has 2 N–H and O–H groups in total. The first-order valence-electron chi connectivity index (χ1n) is 8.00. The van der Waals surface area contributed by atoms with Gasteiger partial charge in [-0.25, -0.2) is 0 Å². The first-order valence-corrected chi connectivity index (χ1v) is 8.00. The first-order chi connectivity index (χ1) is 12.3. The lowest BCUT2D eigenvalue weighted by Gasteiger charge is -2.09. The molecule has 0 radical (unpaired) electrons. The third-order valence-electron chi connectivity index (χ3n) is 3.53. The molecular formula is C20H19N3O2. The van der Waals surface area contributed by atoms with Gasteiger partial charge in [0.25, 0.3) is 5.91 Å². The number of anilines is 2. The number of nitrogens with one attached hydrogen (secondary N) is 2. The number of para-hydroxylation sites is 1. The fraction of sp³-hybridized carbons (Fsp3) is 0.100. The van der Waals surface area contributed by atoms with Crippen LogP contribution in [0.5, 0.6) is 5.75 Å². The zero-order valence-electron chi connectivity index (χ0n) is 13.7. The van der Waals surface area contributed by atoms with Gasteiger partial charge >= 0.3 is 0 Å². The fourth-order valence-electron chi connectivity index (χ4n) is 2.22. The Morgan fingerprint density at radius 3 is 2.28 bits per heavy atom. The smallest absolute Gasteiger partial charge is 0.258 e. The lowest BCUT2D eigenvalue weighted by atomic mass is 10.2. The number of pyridine rings is 1. The van der Waals surface area contributed by atoms with Crippen molar-refractivity contribution in [1.82, 2.24) is 10.3 Å². The summed E-state index contributed by atoms with van der Waals surface area (Å²) in [7, 11) is 0. The van der Waals surface area contributed by atoms with Crippen LogP contribution in [0.2, 0.25) is 0 Å². The number of rotatable bonds is 7. The van der Waals surface area contributed by atoms with Gasteiger partial charge in [0.05, 0.1) is 0 Å². The molecule has 126 valence electrons. The Morgan fingerprint density at radius 2 is 1.56 bits per heavy atom. The Hall–Kier alpha value is -3.34. The standard InChI is InChI=1S/C20H19N3O2/c24-20(22-14-16-10-12-21-13-11-16)15-25-19-8-6-18(7-9-19)23-17-4-2-1-3-5-17/h1-13,23H,14-15H2,(H,22,24). The Labute approximate surface area is 146 Å². The molecule has 0 bridgehead atoms. The number of hydrogen-bond donors (Lipinski definition) is 2. The zero-order chi connectivity index (χ0) is 17.3. The number of carbonyl (C=O) groups is 1. The highest BCUT2D eigenvalue weighted by molar-refractivity contribution is 5.77. The van der Waals surface area contributed by atoms with Crippen LogP contribution in [0.1, 0.15) is 5.56 Å². The molecule has 3 rings (SSSR count). The van der Waals surface area contributed by atoms with E-state index in [1.54, 1.807) is 12.4 Å². The predicted octanol–water partition coefficient (Wildman–Crippen LogP) is 3.52. The van der Waals surface area contributed by atoms with Crippen LogP contribution in [-0.2, 0) is 11.3 Å². The minimum Gasteiger partial charge on any atom is -0.484 e. The summed E-state index contributed by atoms with van der Waals surface area (Å²) in [5.41, 5.74) is 2.98. The highest BCUT2D eigenvalue weighted by Gasteiger charge is 2.03. The van der Waals surface area contributed by atoms with Gasteiger partial charge in [0.2, 0.25) is 0 Å². The maximum atomic E-state index is 11.8. The van der Waals surface area contributed by atoms with Crippen molar-refractivity contribution in [3.05, 3.63) is 84.7 Å². The predicted molar refractivity (Wildman–Crippen MR) is 97.7 cm³/mol. The third kappa shape index (κ3) is 5.35. The lowest BCUT2D eigenvalue weighted by Crippen LogP contribution is -2.28. The van der Waals surface area contributed by atoms with Crippen LogP contribution in [0.15, 0.2) is 79.1 Å². The lowest BCUT2D eigenvalue weighted by molar-refractivity contribution is -0.123. The number of amides is 1. The van der Waals surface area contributed by atoms with Gasteiger partial charge in [0, 0.05) is 30.3 Å². The van der Waals surface area contributed by atoms with E-state index in [1.165, 1.54) is 0 Å². The molecule has 1 aromatic heterocycles. The van der Waals surface area contributed by atoms with Gasteiger partial charge < -0.3 is 15.4 Å². The van der Waals surface area contributed by atoms with Crippen LogP contribution < -0.4 is 15.4 Å². The maximum Gasteiger partial charge on any atom is 0.258 e. The van der Waals surface area contributed by atoms with Crippen molar-refractivity contribution < 1.29 is 9.53 Å². The highest BCUT2D eigenvalue weighted by atomic mass is 16.5. The summed E-state index contributed by atoms with van der Waals surface area (Å²) >= 11 is 0. The van der Waals surface area contributed by atoms with Gasteiger partial charge in [0.15, 0.2) is 6.61 Å². The van der Waals surface area contributed by atoms with E-state index in [1.807, 2.05) is 66.7 Å². The minimum atomic E-state index is -0.164. The molecule has 0 atom stereocenters. The summed E-state index contributed by atoms with van der Waals surface area (Å²) in [6, 6.07) is 21.1. The normalized spacial score (nSPS) is 10.1. The summed E-state index contributed by atoms with van der Waals surface area (Å²) in [6.45, 7) is 0.446. The second-order valence-electron chi connectivity index (χ2n) is 5.44. The van der Waals surface area contributed by atoms with E-state index < -0.39 is 0 Å². The van der Waals surface area contributed by atoms with Crippen LogP contribution in [0.25, 0.3) is 0 Å². The number of nitrogens with zero attached hydrogens (tertiary/aromatic N) is 1. The first kappa shape index (κ1) is 16.5. The molecule has 0 aliphatic rings. The van der Waals surface area contributed by atoms with Crippen molar-refractivity contribution in [2.45, 2.75) is 6.54 Å². The van der Waals surface area contributed by atoms with Crippen molar-refractivity contribution in [2.75, 3.05) is 11.9 Å². The molecule has 0 fully saturated rings. The largest absolute Gasteiger partial charge is 0.484 e. The molecule has 3 aromatic rings. The summed E-state index contributed by atoms with van der Waals surface area (Å²) < 4.78 is 5.51. The molecule has 5 nitrogen and oxygen atoms in total. The number of benzene rings is 2. The van der Waals surface area contributed by atoms with Crippen LogP contribution in [0, 0.1) is 0 Å². The molecule has 5 heteroatoms. The minimum absolute atomic E-state index is 0.0173. The summed E-state index contributed by atoms with van der Waals surface area (Å²) in [6.07, 6.45) is 3.39. The Kier molecular flexibility index (Phi) is 5.61. The van der Waals surface area contributed by atoms with Crippen LogP contribution in [-0.4, -0.2) is 17.5 Å². The molecule has 0 unspecified atom stereocenters. The van der Waals surface area contributed by atoms with E-state index >= 15 is 0 Å². The van der Waals surface area contributed by atoms with Crippen LogP contribution in [0.4, 0.5) is 11.4 Å². The molecule has 1 amide bonds. The fourth-order valence-corrected chi connectivity index (χ4v) is 2.22. The van der Waals surface area contributed by atoms with Gasteiger partial charge in [-0.3, -0.25) is 9.78 Å². The molecule has 25 heavy (non-hydrogen) atoms. The topological polar surface area (TPSA) is 63.2 Å². The van der Waals surface area contributed by atoms with Crippen molar-refractivity contribution in [3.8, 4) is 5.75 Å². The Morgan fingerprint density at radius 1 is 0.880 bits per heavy atom. The van der Waals surface area contributed by atoms with E-state index in [0.717, 1.165) is 16.9 Å². The third-order valence-corrected chi connectivity index (χ3v) is 3.53. The van der Waals surface area contributed by atoms with Gasteiger partial charge in [-0.15, -0.1) is 0 Å². The van der Waals surface area contributed by atoms with Gasteiger partial charge in [-0.1, -0.05) is 18.2 Å². The monoisotopic (exact) mass is 333 g/mol. The van der Waals surface area contributed by atoms with Gasteiger partial charge in [-0.05, 0) is 54.1 Å². The zero-order valence-corrected chi connectivity index (χ0v) is 13.7. The quantitative estimate of drug-likeness (QED) is 0.694. The molecule has 0 saturated carbocycles. The average Bonchev–Trinajstić information content (AvgIpc) is 2.67. The molecule has 0 spiro atoms. The molecule has 0 saturated heterocycles. The summed E-state index contributed by atoms with van der Waals surface area (Å²) in [5.74, 6) is 0.487. The van der Waals surface area contributed by atoms with E-state index in [9.17, 15) is 4.79 Å². The molecule has 0 aliphatic heterocycles. The maximum absolute atomic E-state index is 11.8. The van der Waals surface area contributed by atoms with Gasteiger partial charge in [0.1, 0.15) is 5.75 Å². The molecule has 2 aromatic carbocycles. The Bertz CT molecular complexity index is 790.